The Morgan fingerprint density at radius 2 is 1.65 bits per heavy atom. The molecule has 0 aliphatic carbocycles. The van der Waals surface area contributed by atoms with Crippen molar-refractivity contribution in [1.82, 2.24) is 0 Å². The molecule has 0 saturated heterocycles. The molecule has 0 unspecified atom stereocenters. The summed E-state index contributed by atoms with van der Waals surface area (Å²) in [4.78, 5) is 0. The summed E-state index contributed by atoms with van der Waals surface area (Å²) in [6, 6.07) is 12.5. The summed E-state index contributed by atoms with van der Waals surface area (Å²) in [6.45, 7) is 8.66. The van der Waals surface area contributed by atoms with Gasteiger partial charge in [0.25, 0.3) is 0 Å². The highest BCUT2D eigenvalue weighted by Crippen LogP contribution is 2.31. The zero-order valence-corrected chi connectivity index (χ0v) is 14.0. The van der Waals surface area contributed by atoms with Crippen molar-refractivity contribution in [2.24, 2.45) is 0 Å². The van der Waals surface area contributed by atoms with Gasteiger partial charge in [-0.05, 0) is 63.7 Å². The van der Waals surface area contributed by atoms with Crippen LogP contribution in [-0.4, -0.2) is 0 Å². The second-order valence-electron chi connectivity index (χ2n) is 6.14. The molecule has 3 N–H and O–H groups in total. The van der Waals surface area contributed by atoms with E-state index in [2.05, 4.69) is 72.3 Å². The van der Waals surface area contributed by atoms with Gasteiger partial charge in [-0.2, -0.15) is 0 Å². The molecule has 0 spiro atoms. The van der Waals surface area contributed by atoms with Crippen LogP contribution in [-0.2, 0) is 5.41 Å². The zero-order valence-electron chi connectivity index (χ0n) is 12.4. The van der Waals surface area contributed by atoms with E-state index in [1.54, 1.807) is 0 Å². The van der Waals surface area contributed by atoms with Gasteiger partial charge in [0.05, 0.1) is 5.69 Å². The quantitative estimate of drug-likeness (QED) is 0.724. The lowest BCUT2D eigenvalue weighted by molar-refractivity contribution is 0.590. The van der Waals surface area contributed by atoms with E-state index >= 15 is 0 Å². The van der Waals surface area contributed by atoms with Crippen molar-refractivity contribution in [3.63, 3.8) is 0 Å². The summed E-state index contributed by atoms with van der Waals surface area (Å²) in [5.74, 6) is 0. The SMILES string of the molecule is Cc1cc(Nc2ccc(C(C)(C)C)cc2)c(Br)cc1N. The van der Waals surface area contributed by atoms with Gasteiger partial charge in [0.1, 0.15) is 0 Å². The van der Waals surface area contributed by atoms with Crippen LogP contribution < -0.4 is 11.1 Å². The van der Waals surface area contributed by atoms with E-state index in [4.69, 9.17) is 5.73 Å². The van der Waals surface area contributed by atoms with Gasteiger partial charge in [-0.1, -0.05) is 32.9 Å². The van der Waals surface area contributed by atoms with Crippen molar-refractivity contribution >= 4 is 33.0 Å². The van der Waals surface area contributed by atoms with E-state index in [0.717, 1.165) is 27.1 Å². The van der Waals surface area contributed by atoms with Crippen LogP contribution in [0.3, 0.4) is 0 Å². The summed E-state index contributed by atoms with van der Waals surface area (Å²) in [5, 5.41) is 3.42. The Morgan fingerprint density at radius 1 is 1.05 bits per heavy atom. The molecule has 0 bridgehead atoms. The Morgan fingerprint density at radius 3 is 2.20 bits per heavy atom. The number of hydrogen-bond acceptors (Lipinski definition) is 2. The second kappa shape index (κ2) is 5.49. The molecular formula is C17H21BrN2. The minimum Gasteiger partial charge on any atom is -0.398 e. The first-order valence-electron chi connectivity index (χ1n) is 6.70. The molecule has 2 rings (SSSR count). The number of nitrogens with one attached hydrogen (secondary N) is 1. The largest absolute Gasteiger partial charge is 0.398 e. The minimum absolute atomic E-state index is 0.177. The number of benzene rings is 2. The Labute approximate surface area is 129 Å². The smallest absolute Gasteiger partial charge is 0.0532 e. The van der Waals surface area contributed by atoms with Crippen molar-refractivity contribution in [1.29, 1.82) is 0 Å². The maximum absolute atomic E-state index is 5.89. The van der Waals surface area contributed by atoms with Crippen molar-refractivity contribution < 1.29 is 0 Å². The first kappa shape index (κ1) is 14.9. The number of nitrogen functional groups attached to an aromatic ring is 1. The number of rotatable bonds is 2. The first-order valence-corrected chi connectivity index (χ1v) is 7.50. The zero-order chi connectivity index (χ0) is 14.9. The third kappa shape index (κ3) is 3.34. The molecule has 20 heavy (non-hydrogen) atoms. The van der Waals surface area contributed by atoms with Crippen LogP contribution in [0.25, 0.3) is 0 Å². The lowest BCUT2D eigenvalue weighted by Gasteiger charge is -2.19. The van der Waals surface area contributed by atoms with Crippen LogP contribution in [0.15, 0.2) is 40.9 Å². The van der Waals surface area contributed by atoms with Crippen LogP contribution in [0.2, 0.25) is 0 Å². The maximum Gasteiger partial charge on any atom is 0.0532 e. The number of halogens is 1. The fraction of sp³-hybridized carbons (Fsp3) is 0.294. The third-order valence-corrected chi connectivity index (χ3v) is 4.04. The van der Waals surface area contributed by atoms with Crippen LogP contribution in [0.4, 0.5) is 17.1 Å². The highest BCUT2D eigenvalue weighted by atomic mass is 79.9. The molecule has 0 saturated carbocycles. The van der Waals surface area contributed by atoms with Gasteiger partial charge >= 0.3 is 0 Å². The van der Waals surface area contributed by atoms with E-state index in [1.807, 2.05) is 13.0 Å². The van der Waals surface area contributed by atoms with Crippen LogP contribution in [0.1, 0.15) is 31.9 Å². The molecule has 106 valence electrons. The summed E-state index contributed by atoms with van der Waals surface area (Å²) < 4.78 is 0.973. The number of anilines is 3. The first-order chi connectivity index (χ1) is 9.27. The molecule has 0 aromatic heterocycles. The second-order valence-corrected chi connectivity index (χ2v) is 7.00. The molecular weight excluding hydrogens is 312 g/mol. The Balaban J connectivity index is 2.25. The number of nitrogens with two attached hydrogens (primary N) is 1. The molecule has 0 heterocycles. The van der Waals surface area contributed by atoms with Crippen LogP contribution in [0, 0.1) is 6.92 Å². The van der Waals surface area contributed by atoms with Crippen molar-refractivity contribution in [2.45, 2.75) is 33.1 Å². The minimum atomic E-state index is 0.177. The molecule has 0 fully saturated rings. The summed E-state index contributed by atoms with van der Waals surface area (Å²) in [6.07, 6.45) is 0. The average molecular weight is 333 g/mol. The standard InChI is InChI=1S/C17H21BrN2/c1-11-9-16(14(18)10-15(11)19)20-13-7-5-12(6-8-13)17(2,3)4/h5-10,20H,19H2,1-4H3. The summed E-state index contributed by atoms with van der Waals surface area (Å²) >= 11 is 3.54. The van der Waals surface area contributed by atoms with Gasteiger partial charge < -0.3 is 11.1 Å². The van der Waals surface area contributed by atoms with Gasteiger partial charge in [0, 0.05) is 15.8 Å². The lowest BCUT2D eigenvalue weighted by Crippen LogP contribution is -2.10. The Kier molecular flexibility index (Phi) is 4.09. The van der Waals surface area contributed by atoms with E-state index in [9.17, 15) is 0 Å². The predicted octanol–water partition coefficient (Wildman–Crippen LogP) is 5.38. The normalized spacial score (nSPS) is 11.4. The molecule has 0 aliphatic rings. The highest BCUT2D eigenvalue weighted by Gasteiger charge is 2.13. The van der Waals surface area contributed by atoms with Gasteiger partial charge in [0.15, 0.2) is 0 Å². The third-order valence-electron chi connectivity index (χ3n) is 3.39. The van der Waals surface area contributed by atoms with Gasteiger partial charge in [0.2, 0.25) is 0 Å². The van der Waals surface area contributed by atoms with Crippen LogP contribution in [0.5, 0.6) is 0 Å². The summed E-state index contributed by atoms with van der Waals surface area (Å²) in [5.41, 5.74) is 11.4. The van der Waals surface area contributed by atoms with E-state index < -0.39 is 0 Å². The van der Waals surface area contributed by atoms with E-state index in [0.29, 0.717) is 0 Å². The summed E-state index contributed by atoms with van der Waals surface area (Å²) in [7, 11) is 0. The molecule has 3 heteroatoms. The Bertz CT molecular complexity index is 610. The topological polar surface area (TPSA) is 38.0 Å². The predicted molar refractivity (Wildman–Crippen MR) is 91.7 cm³/mol. The van der Waals surface area contributed by atoms with Gasteiger partial charge in [-0.15, -0.1) is 0 Å². The average Bonchev–Trinajstić information content (AvgIpc) is 2.35. The van der Waals surface area contributed by atoms with E-state index in [1.165, 1.54) is 5.56 Å². The lowest BCUT2D eigenvalue weighted by atomic mass is 9.87. The van der Waals surface area contributed by atoms with Gasteiger partial charge in [-0.25, -0.2) is 0 Å². The molecule has 2 aromatic carbocycles. The molecule has 0 atom stereocenters. The maximum atomic E-state index is 5.89. The van der Waals surface area contributed by atoms with E-state index in [-0.39, 0.29) is 5.41 Å². The molecule has 0 aliphatic heterocycles. The number of hydrogen-bond donors (Lipinski definition) is 2. The van der Waals surface area contributed by atoms with Crippen molar-refractivity contribution in [3.05, 3.63) is 52.0 Å². The van der Waals surface area contributed by atoms with Crippen molar-refractivity contribution in [2.75, 3.05) is 11.1 Å². The fourth-order valence-electron chi connectivity index (χ4n) is 2.00. The molecule has 2 nitrogen and oxygen atoms in total. The van der Waals surface area contributed by atoms with Crippen LogP contribution >= 0.6 is 15.9 Å². The fourth-order valence-corrected chi connectivity index (χ4v) is 2.46. The molecule has 0 radical (unpaired) electrons. The van der Waals surface area contributed by atoms with Gasteiger partial charge in [-0.3, -0.25) is 0 Å². The monoisotopic (exact) mass is 332 g/mol. The molecule has 0 amide bonds. The Hall–Kier alpha value is -1.48. The number of aryl methyl sites for hydroxylation is 1. The molecule has 2 aromatic rings. The van der Waals surface area contributed by atoms with Crippen molar-refractivity contribution in [3.8, 4) is 0 Å². The highest BCUT2D eigenvalue weighted by molar-refractivity contribution is 9.10.